The number of carboxylic acid groups (broad SMARTS) is 1. The van der Waals surface area contributed by atoms with E-state index in [0.717, 1.165) is 42.9 Å². The number of aromatic nitrogens is 2. The summed E-state index contributed by atoms with van der Waals surface area (Å²) in [6, 6.07) is 5.34. The first-order chi connectivity index (χ1) is 9.61. The van der Waals surface area contributed by atoms with E-state index in [-0.39, 0.29) is 5.56 Å². The van der Waals surface area contributed by atoms with Crippen molar-refractivity contribution in [3.63, 3.8) is 0 Å². The number of anilines is 1. The molecular formula is C14H18N4O2. The van der Waals surface area contributed by atoms with Gasteiger partial charge in [-0.15, -0.1) is 0 Å². The molecular weight excluding hydrogens is 256 g/mol. The molecule has 0 spiro atoms. The van der Waals surface area contributed by atoms with Gasteiger partial charge in [0.1, 0.15) is 0 Å². The fourth-order valence-corrected chi connectivity index (χ4v) is 2.56. The standard InChI is InChI=1S/C14H18N4O2/c1-18-6-4-10(5-7-18)15-14-16-11-3-2-9(13(19)20)8-12(11)17-14/h2-3,8,10H,4-7H2,1H3,(H,19,20)(H2,15,16,17). The van der Waals surface area contributed by atoms with Crippen LogP contribution in [0.5, 0.6) is 0 Å². The zero-order valence-electron chi connectivity index (χ0n) is 11.4. The zero-order valence-corrected chi connectivity index (χ0v) is 11.4. The molecule has 0 bridgehead atoms. The molecule has 106 valence electrons. The second kappa shape index (κ2) is 5.13. The Hall–Kier alpha value is -2.08. The van der Waals surface area contributed by atoms with Crippen LogP contribution in [0.1, 0.15) is 23.2 Å². The van der Waals surface area contributed by atoms with Crippen LogP contribution in [0.4, 0.5) is 5.95 Å². The van der Waals surface area contributed by atoms with Crippen LogP contribution in [-0.2, 0) is 0 Å². The van der Waals surface area contributed by atoms with Crippen LogP contribution in [-0.4, -0.2) is 52.1 Å². The predicted octanol–water partition coefficient (Wildman–Crippen LogP) is 1.77. The smallest absolute Gasteiger partial charge is 0.335 e. The van der Waals surface area contributed by atoms with Gasteiger partial charge in [0.25, 0.3) is 0 Å². The molecule has 3 rings (SSSR count). The lowest BCUT2D eigenvalue weighted by Crippen LogP contribution is -2.36. The van der Waals surface area contributed by atoms with Gasteiger partial charge < -0.3 is 20.3 Å². The third-order valence-electron chi connectivity index (χ3n) is 3.79. The third-order valence-corrected chi connectivity index (χ3v) is 3.79. The maximum atomic E-state index is 10.9. The Balaban J connectivity index is 1.77. The molecule has 2 heterocycles. The number of carbonyl (C=O) groups is 1. The molecule has 1 aromatic heterocycles. The van der Waals surface area contributed by atoms with Crippen LogP contribution in [0, 0.1) is 0 Å². The molecule has 0 aliphatic carbocycles. The number of hydrogen-bond acceptors (Lipinski definition) is 4. The second-order valence-electron chi connectivity index (χ2n) is 5.34. The van der Waals surface area contributed by atoms with Crippen molar-refractivity contribution in [2.24, 2.45) is 0 Å². The van der Waals surface area contributed by atoms with Crippen molar-refractivity contribution in [3.05, 3.63) is 23.8 Å². The Morgan fingerprint density at radius 1 is 1.45 bits per heavy atom. The molecule has 2 aromatic rings. The fourth-order valence-electron chi connectivity index (χ4n) is 2.56. The SMILES string of the molecule is CN1CCC(Nc2nc3ccc(C(=O)O)cc3[nH]2)CC1. The van der Waals surface area contributed by atoms with E-state index < -0.39 is 5.97 Å². The molecule has 0 radical (unpaired) electrons. The Morgan fingerprint density at radius 3 is 2.90 bits per heavy atom. The number of aromatic carboxylic acids is 1. The minimum Gasteiger partial charge on any atom is -0.478 e. The number of nitrogens with one attached hydrogen (secondary N) is 2. The molecule has 0 unspecified atom stereocenters. The van der Waals surface area contributed by atoms with E-state index in [1.807, 2.05) is 0 Å². The van der Waals surface area contributed by atoms with E-state index in [2.05, 4.69) is 27.2 Å². The molecule has 20 heavy (non-hydrogen) atoms. The van der Waals surface area contributed by atoms with Crippen LogP contribution < -0.4 is 5.32 Å². The van der Waals surface area contributed by atoms with Crippen molar-refractivity contribution in [1.82, 2.24) is 14.9 Å². The van der Waals surface area contributed by atoms with Gasteiger partial charge in [-0.1, -0.05) is 0 Å². The number of imidazole rings is 1. The molecule has 6 nitrogen and oxygen atoms in total. The topological polar surface area (TPSA) is 81.2 Å². The van der Waals surface area contributed by atoms with E-state index in [1.165, 1.54) is 0 Å². The van der Waals surface area contributed by atoms with Gasteiger partial charge in [-0.3, -0.25) is 0 Å². The predicted molar refractivity (Wildman–Crippen MR) is 77.2 cm³/mol. The summed E-state index contributed by atoms with van der Waals surface area (Å²) in [5, 5.41) is 12.4. The van der Waals surface area contributed by atoms with E-state index in [0.29, 0.717) is 6.04 Å². The van der Waals surface area contributed by atoms with Gasteiger partial charge in [-0.05, 0) is 51.2 Å². The highest BCUT2D eigenvalue weighted by Crippen LogP contribution is 2.19. The first kappa shape index (κ1) is 12.9. The summed E-state index contributed by atoms with van der Waals surface area (Å²) in [6.45, 7) is 2.17. The molecule has 1 aliphatic rings. The molecule has 0 atom stereocenters. The van der Waals surface area contributed by atoms with Crippen LogP contribution in [0.25, 0.3) is 11.0 Å². The van der Waals surface area contributed by atoms with Crippen molar-refractivity contribution in [1.29, 1.82) is 0 Å². The van der Waals surface area contributed by atoms with Crippen molar-refractivity contribution >= 4 is 23.0 Å². The van der Waals surface area contributed by atoms with Gasteiger partial charge >= 0.3 is 5.97 Å². The summed E-state index contributed by atoms with van der Waals surface area (Å²) in [4.78, 5) is 20.9. The van der Waals surface area contributed by atoms with Gasteiger partial charge in [-0.2, -0.15) is 0 Å². The molecule has 0 saturated carbocycles. The normalized spacial score (nSPS) is 17.4. The highest BCUT2D eigenvalue weighted by molar-refractivity contribution is 5.92. The molecule has 6 heteroatoms. The first-order valence-electron chi connectivity index (χ1n) is 6.80. The number of hydrogen-bond donors (Lipinski definition) is 3. The van der Waals surface area contributed by atoms with Crippen LogP contribution >= 0.6 is 0 Å². The molecule has 1 aromatic carbocycles. The van der Waals surface area contributed by atoms with Gasteiger partial charge in [0, 0.05) is 6.04 Å². The maximum absolute atomic E-state index is 10.9. The first-order valence-corrected chi connectivity index (χ1v) is 6.80. The average molecular weight is 274 g/mol. The van der Waals surface area contributed by atoms with Crippen molar-refractivity contribution in [2.45, 2.75) is 18.9 Å². The molecule has 0 amide bonds. The molecule has 1 aliphatic heterocycles. The number of carboxylic acids is 1. The minimum absolute atomic E-state index is 0.270. The number of nitrogens with zero attached hydrogens (tertiary/aromatic N) is 2. The Kier molecular flexibility index (Phi) is 3.31. The van der Waals surface area contributed by atoms with Crippen molar-refractivity contribution in [3.8, 4) is 0 Å². The largest absolute Gasteiger partial charge is 0.478 e. The summed E-state index contributed by atoms with van der Waals surface area (Å²) in [6.07, 6.45) is 2.18. The Labute approximate surface area is 116 Å². The Morgan fingerprint density at radius 2 is 2.20 bits per heavy atom. The van der Waals surface area contributed by atoms with Crippen molar-refractivity contribution < 1.29 is 9.90 Å². The number of aromatic amines is 1. The Bertz CT molecular complexity index is 629. The summed E-state index contributed by atoms with van der Waals surface area (Å²) < 4.78 is 0. The second-order valence-corrected chi connectivity index (χ2v) is 5.34. The van der Waals surface area contributed by atoms with Gasteiger partial charge in [0.2, 0.25) is 5.95 Å². The van der Waals surface area contributed by atoms with E-state index >= 15 is 0 Å². The lowest BCUT2D eigenvalue weighted by Gasteiger charge is -2.29. The number of piperidine rings is 1. The summed E-state index contributed by atoms with van der Waals surface area (Å²) in [5.41, 5.74) is 1.80. The number of benzene rings is 1. The lowest BCUT2D eigenvalue weighted by atomic mass is 10.1. The van der Waals surface area contributed by atoms with Gasteiger partial charge in [-0.25, -0.2) is 9.78 Å². The summed E-state index contributed by atoms with van der Waals surface area (Å²) in [7, 11) is 2.13. The van der Waals surface area contributed by atoms with Crippen LogP contribution in [0.15, 0.2) is 18.2 Å². The average Bonchev–Trinajstić information content (AvgIpc) is 2.82. The van der Waals surface area contributed by atoms with Crippen molar-refractivity contribution in [2.75, 3.05) is 25.5 Å². The molecule has 3 N–H and O–H groups in total. The van der Waals surface area contributed by atoms with E-state index in [4.69, 9.17) is 5.11 Å². The number of fused-ring (bicyclic) bond motifs is 1. The summed E-state index contributed by atoms with van der Waals surface area (Å²) in [5.74, 6) is -0.205. The highest BCUT2D eigenvalue weighted by atomic mass is 16.4. The fraction of sp³-hybridized carbons (Fsp3) is 0.429. The zero-order chi connectivity index (χ0) is 14.1. The van der Waals surface area contributed by atoms with Crippen LogP contribution in [0.3, 0.4) is 0 Å². The van der Waals surface area contributed by atoms with Crippen LogP contribution in [0.2, 0.25) is 0 Å². The monoisotopic (exact) mass is 274 g/mol. The van der Waals surface area contributed by atoms with E-state index in [9.17, 15) is 4.79 Å². The van der Waals surface area contributed by atoms with E-state index in [1.54, 1.807) is 18.2 Å². The highest BCUT2D eigenvalue weighted by Gasteiger charge is 2.17. The van der Waals surface area contributed by atoms with Gasteiger partial charge in [0.05, 0.1) is 16.6 Å². The number of H-pyrrole nitrogens is 1. The minimum atomic E-state index is -0.925. The number of likely N-dealkylation sites (tertiary alicyclic amines) is 1. The van der Waals surface area contributed by atoms with Gasteiger partial charge in [0.15, 0.2) is 0 Å². The molecule has 1 fully saturated rings. The molecule has 1 saturated heterocycles. The third kappa shape index (κ3) is 2.60. The summed E-state index contributed by atoms with van der Waals surface area (Å²) >= 11 is 0. The maximum Gasteiger partial charge on any atom is 0.335 e. The number of rotatable bonds is 3. The lowest BCUT2D eigenvalue weighted by molar-refractivity contribution is 0.0697. The quantitative estimate of drug-likeness (QED) is 0.794.